The molecule has 0 heterocycles. The maximum absolute atomic E-state index is 10.9. The molecule has 0 radical (unpaired) electrons. The van der Waals surface area contributed by atoms with Crippen molar-refractivity contribution in [2.45, 2.75) is 6.29 Å². The molecule has 2 N–H and O–H groups in total. The molecule has 2 aromatic rings. The Labute approximate surface area is 115 Å². The first-order chi connectivity index (χ1) is 9.15. The Morgan fingerprint density at radius 3 is 2.47 bits per heavy atom. The minimum atomic E-state index is -0.932. The molecule has 0 bridgehead atoms. The predicted octanol–water partition coefficient (Wildman–Crippen LogP) is 3.51. The molecule has 0 saturated carbocycles. The average Bonchev–Trinajstić information content (AvgIpc) is 2.39. The number of ether oxygens (including phenoxy) is 2. The van der Waals surface area contributed by atoms with Gasteiger partial charge < -0.3 is 15.2 Å². The Balaban J connectivity index is 2.23. The Hall–Kier alpha value is -2.20. The van der Waals surface area contributed by atoms with Gasteiger partial charge in [-0.2, -0.15) is 0 Å². The third-order valence-electron chi connectivity index (χ3n) is 2.33. The molecule has 0 spiro atoms. The summed E-state index contributed by atoms with van der Waals surface area (Å²) < 4.78 is 10.5. The molecule has 2 rings (SSSR count). The highest BCUT2D eigenvalue weighted by Crippen LogP contribution is 2.24. The van der Waals surface area contributed by atoms with E-state index in [2.05, 4.69) is 0 Å². The van der Waals surface area contributed by atoms with Gasteiger partial charge in [0.2, 0.25) is 0 Å². The van der Waals surface area contributed by atoms with Gasteiger partial charge in [-0.25, -0.2) is 4.79 Å². The highest BCUT2D eigenvalue weighted by molar-refractivity contribution is 6.30. The van der Waals surface area contributed by atoms with E-state index in [9.17, 15) is 4.79 Å². The molecule has 0 fully saturated rings. The van der Waals surface area contributed by atoms with E-state index in [4.69, 9.17) is 26.8 Å². The van der Waals surface area contributed by atoms with Crippen LogP contribution in [0.4, 0.5) is 4.79 Å². The molecule has 1 unspecified atom stereocenters. The number of nitrogens with two attached hydrogens (primary N) is 1. The largest absolute Gasteiger partial charge is 0.450 e. The first kappa shape index (κ1) is 13.2. The molecule has 0 aliphatic heterocycles. The minimum absolute atomic E-state index is 0.521. The molecule has 19 heavy (non-hydrogen) atoms. The van der Waals surface area contributed by atoms with E-state index >= 15 is 0 Å². The van der Waals surface area contributed by atoms with Gasteiger partial charge in [-0.3, -0.25) is 0 Å². The van der Waals surface area contributed by atoms with Crippen molar-refractivity contribution < 1.29 is 14.3 Å². The molecular weight excluding hydrogens is 266 g/mol. The Bertz CT molecular complexity index is 560. The molecule has 4 nitrogen and oxygen atoms in total. The van der Waals surface area contributed by atoms with Gasteiger partial charge >= 0.3 is 6.09 Å². The fraction of sp³-hybridized carbons (Fsp3) is 0.0714. The second-order valence-corrected chi connectivity index (χ2v) is 4.19. The summed E-state index contributed by atoms with van der Waals surface area (Å²) in [6, 6.07) is 15.8. The maximum atomic E-state index is 10.9. The Kier molecular flexibility index (Phi) is 4.26. The number of carbonyl (C=O) groups is 1. The number of halogens is 1. The number of hydrogen-bond donors (Lipinski definition) is 1. The number of amides is 1. The van der Waals surface area contributed by atoms with Crippen LogP contribution >= 0.6 is 11.6 Å². The smallest absolute Gasteiger partial charge is 0.407 e. The Morgan fingerprint density at radius 1 is 1.11 bits per heavy atom. The van der Waals surface area contributed by atoms with E-state index in [0.29, 0.717) is 16.3 Å². The normalized spacial score (nSPS) is 11.6. The van der Waals surface area contributed by atoms with Gasteiger partial charge in [0, 0.05) is 10.6 Å². The van der Waals surface area contributed by atoms with Gasteiger partial charge in [-0.05, 0) is 24.3 Å². The monoisotopic (exact) mass is 277 g/mol. The molecule has 98 valence electrons. The third-order valence-corrected chi connectivity index (χ3v) is 2.57. The number of carbonyl (C=O) groups excluding carboxylic acids is 1. The van der Waals surface area contributed by atoms with Crippen LogP contribution in [0.1, 0.15) is 11.9 Å². The third kappa shape index (κ3) is 3.89. The number of rotatable bonds is 4. The van der Waals surface area contributed by atoms with E-state index in [-0.39, 0.29) is 0 Å². The van der Waals surface area contributed by atoms with Crippen molar-refractivity contribution in [1.82, 2.24) is 0 Å². The molecule has 0 saturated heterocycles. The molecule has 2 aromatic carbocycles. The molecular formula is C14H12ClNO3. The Morgan fingerprint density at radius 2 is 1.84 bits per heavy atom. The van der Waals surface area contributed by atoms with Gasteiger partial charge in [0.25, 0.3) is 6.29 Å². The van der Waals surface area contributed by atoms with Crippen molar-refractivity contribution in [1.29, 1.82) is 0 Å². The second kappa shape index (κ2) is 6.11. The van der Waals surface area contributed by atoms with Gasteiger partial charge in [0.15, 0.2) is 0 Å². The van der Waals surface area contributed by atoms with Gasteiger partial charge in [0.05, 0.1) is 0 Å². The van der Waals surface area contributed by atoms with Gasteiger partial charge in [-0.1, -0.05) is 41.9 Å². The zero-order chi connectivity index (χ0) is 13.7. The number of benzene rings is 2. The van der Waals surface area contributed by atoms with Crippen molar-refractivity contribution in [3.8, 4) is 5.75 Å². The van der Waals surface area contributed by atoms with Crippen LogP contribution in [0.3, 0.4) is 0 Å². The molecule has 5 heteroatoms. The summed E-state index contributed by atoms with van der Waals surface area (Å²) in [4.78, 5) is 10.9. The van der Waals surface area contributed by atoms with Crippen molar-refractivity contribution in [3.63, 3.8) is 0 Å². The van der Waals surface area contributed by atoms with E-state index in [1.54, 1.807) is 36.4 Å². The molecule has 1 atom stereocenters. The first-order valence-electron chi connectivity index (χ1n) is 5.58. The quantitative estimate of drug-likeness (QED) is 0.870. The van der Waals surface area contributed by atoms with E-state index in [1.165, 1.54) is 0 Å². The molecule has 0 aliphatic rings. The van der Waals surface area contributed by atoms with Gasteiger partial charge in [-0.15, -0.1) is 0 Å². The lowest BCUT2D eigenvalue weighted by atomic mass is 10.2. The summed E-state index contributed by atoms with van der Waals surface area (Å²) in [5, 5.41) is 0.521. The molecule has 0 aliphatic carbocycles. The van der Waals surface area contributed by atoms with Crippen LogP contribution in [0.2, 0.25) is 5.02 Å². The summed E-state index contributed by atoms with van der Waals surface area (Å²) in [7, 11) is 0. The zero-order valence-electron chi connectivity index (χ0n) is 9.95. The van der Waals surface area contributed by atoms with Crippen molar-refractivity contribution in [2.24, 2.45) is 5.73 Å². The summed E-state index contributed by atoms with van der Waals surface area (Å²) in [5.74, 6) is 0.564. The fourth-order valence-electron chi connectivity index (χ4n) is 1.54. The van der Waals surface area contributed by atoms with E-state index < -0.39 is 12.4 Å². The lowest BCUT2D eigenvalue weighted by molar-refractivity contribution is -0.0308. The van der Waals surface area contributed by atoms with Crippen molar-refractivity contribution >= 4 is 17.7 Å². The average molecular weight is 278 g/mol. The van der Waals surface area contributed by atoms with Crippen LogP contribution in [0.25, 0.3) is 0 Å². The SMILES string of the molecule is NC(=O)OC(Oc1ccccc1)c1cccc(Cl)c1. The van der Waals surface area contributed by atoms with Crippen LogP contribution in [-0.4, -0.2) is 6.09 Å². The summed E-state index contributed by atoms with van der Waals surface area (Å²) in [6.45, 7) is 0. The second-order valence-electron chi connectivity index (χ2n) is 3.75. The summed E-state index contributed by atoms with van der Waals surface area (Å²) in [5.41, 5.74) is 5.65. The maximum Gasteiger partial charge on any atom is 0.407 e. The van der Waals surface area contributed by atoms with Crippen LogP contribution in [0.15, 0.2) is 54.6 Å². The standard InChI is InChI=1S/C14H12ClNO3/c15-11-6-4-5-10(9-11)13(19-14(16)17)18-12-7-2-1-3-8-12/h1-9,13H,(H2,16,17). The number of hydrogen-bond acceptors (Lipinski definition) is 3. The summed E-state index contributed by atoms with van der Waals surface area (Å²) >= 11 is 5.90. The minimum Gasteiger partial charge on any atom is -0.450 e. The highest BCUT2D eigenvalue weighted by Gasteiger charge is 2.17. The zero-order valence-corrected chi connectivity index (χ0v) is 10.7. The van der Waals surface area contributed by atoms with E-state index in [0.717, 1.165) is 0 Å². The van der Waals surface area contributed by atoms with Crippen LogP contribution in [0, 0.1) is 0 Å². The topological polar surface area (TPSA) is 61.6 Å². The van der Waals surface area contributed by atoms with E-state index in [1.807, 2.05) is 18.2 Å². The van der Waals surface area contributed by atoms with Crippen molar-refractivity contribution in [3.05, 3.63) is 65.2 Å². The summed E-state index contributed by atoms with van der Waals surface area (Å²) in [6.07, 6.45) is -1.85. The van der Waals surface area contributed by atoms with Crippen LogP contribution in [0.5, 0.6) is 5.75 Å². The lowest BCUT2D eigenvalue weighted by Gasteiger charge is -2.18. The van der Waals surface area contributed by atoms with Crippen LogP contribution < -0.4 is 10.5 Å². The fourth-order valence-corrected chi connectivity index (χ4v) is 1.74. The van der Waals surface area contributed by atoms with Crippen molar-refractivity contribution in [2.75, 3.05) is 0 Å². The van der Waals surface area contributed by atoms with Crippen LogP contribution in [-0.2, 0) is 4.74 Å². The first-order valence-corrected chi connectivity index (χ1v) is 5.96. The highest BCUT2D eigenvalue weighted by atomic mass is 35.5. The van der Waals surface area contributed by atoms with Gasteiger partial charge in [0.1, 0.15) is 5.75 Å². The number of primary amides is 1. The molecule has 0 aromatic heterocycles. The molecule has 1 amide bonds. The predicted molar refractivity (Wildman–Crippen MR) is 71.9 cm³/mol. The number of para-hydroxylation sites is 1. The lowest BCUT2D eigenvalue weighted by Crippen LogP contribution is -2.21.